The minimum Gasteiger partial charge on any atom is -0.439 e. The maximum absolute atomic E-state index is 10.7. The number of pyridine rings is 1. The number of amidine groups is 1. The average Bonchev–Trinajstić information content (AvgIpc) is 2.49. The monoisotopic (exact) mass is 288 g/mol. The van der Waals surface area contributed by atoms with Gasteiger partial charge in [0, 0.05) is 30.0 Å². The van der Waals surface area contributed by atoms with Gasteiger partial charge in [-0.25, -0.2) is 4.98 Å². The molecule has 0 bridgehead atoms. The van der Waals surface area contributed by atoms with Crippen LogP contribution >= 0.6 is 0 Å². The Morgan fingerprint density at radius 3 is 2.71 bits per heavy atom. The van der Waals surface area contributed by atoms with Crippen LogP contribution in [-0.4, -0.2) is 21.0 Å². The first-order chi connectivity index (χ1) is 10.0. The van der Waals surface area contributed by atoms with Crippen LogP contribution in [-0.2, 0) is 0 Å². The van der Waals surface area contributed by atoms with E-state index in [0.29, 0.717) is 22.8 Å². The average molecular weight is 288 g/mol. The van der Waals surface area contributed by atoms with E-state index < -0.39 is 4.92 Å². The van der Waals surface area contributed by atoms with E-state index in [-0.39, 0.29) is 11.5 Å². The van der Waals surface area contributed by atoms with Crippen LogP contribution in [0.4, 0.5) is 5.69 Å². The Labute approximate surface area is 119 Å². The molecule has 1 aromatic carbocycles. The molecule has 0 aliphatic rings. The molecule has 21 heavy (non-hydrogen) atoms. The molecule has 0 aliphatic carbocycles. The van der Waals surface area contributed by atoms with Gasteiger partial charge in [-0.1, -0.05) is 5.16 Å². The van der Waals surface area contributed by atoms with Crippen molar-refractivity contribution in [1.82, 2.24) is 4.98 Å². The van der Waals surface area contributed by atoms with Crippen molar-refractivity contribution < 1.29 is 14.9 Å². The van der Waals surface area contributed by atoms with Gasteiger partial charge in [0.2, 0.25) is 5.88 Å². The molecule has 1 heterocycles. The zero-order valence-corrected chi connectivity index (χ0v) is 11.1. The number of ether oxygens (including phenoxy) is 1. The number of rotatable bonds is 4. The second-order valence-corrected chi connectivity index (χ2v) is 4.18. The van der Waals surface area contributed by atoms with Gasteiger partial charge < -0.3 is 15.7 Å². The predicted molar refractivity (Wildman–Crippen MR) is 74.7 cm³/mol. The summed E-state index contributed by atoms with van der Waals surface area (Å²) in [5.74, 6) is 0.701. The van der Waals surface area contributed by atoms with Gasteiger partial charge in [-0.3, -0.25) is 10.1 Å². The van der Waals surface area contributed by atoms with Crippen LogP contribution < -0.4 is 10.5 Å². The molecule has 3 N–H and O–H groups in total. The lowest BCUT2D eigenvalue weighted by Gasteiger charge is -2.08. The second-order valence-electron chi connectivity index (χ2n) is 4.18. The summed E-state index contributed by atoms with van der Waals surface area (Å²) < 4.78 is 5.54. The fourth-order valence-corrected chi connectivity index (χ4v) is 1.62. The Hall–Kier alpha value is -3.16. The Morgan fingerprint density at radius 2 is 2.19 bits per heavy atom. The third-order valence-electron chi connectivity index (χ3n) is 2.72. The van der Waals surface area contributed by atoms with E-state index in [2.05, 4.69) is 10.1 Å². The number of benzene rings is 1. The van der Waals surface area contributed by atoms with Crippen molar-refractivity contribution in [3.63, 3.8) is 0 Å². The molecule has 0 spiro atoms. The number of nitrogens with two attached hydrogens (primary N) is 1. The number of nitro benzene ring substituents is 1. The number of aromatic nitrogens is 1. The van der Waals surface area contributed by atoms with Gasteiger partial charge in [0.15, 0.2) is 5.84 Å². The maximum atomic E-state index is 10.7. The van der Waals surface area contributed by atoms with Gasteiger partial charge in [0.25, 0.3) is 5.69 Å². The Morgan fingerprint density at radius 1 is 1.43 bits per heavy atom. The van der Waals surface area contributed by atoms with Gasteiger partial charge in [-0.2, -0.15) is 0 Å². The molecule has 108 valence electrons. The normalized spacial score (nSPS) is 11.2. The molecule has 8 nitrogen and oxygen atoms in total. The molecule has 1 aromatic heterocycles. The van der Waals surface area contributed by atoms with Crippen molar-refractivity contribution in [2.24, 2.45) is 10.9 Å². The van der Waals surface area contributed by atoms with E-state index in [1.165, 1.54) is 24.4 Å². The summed E-state index contributed by atoms with van der Waals surface area (Å²) in [5, 5.41) is 22.1. The Bertz CT molecular complexity index is 698. The van der Waals surface area contributed by atoms with Crippen molar-refractivity contribution >= 4 is 11.5 Å². The van der Waals surface area contributed by atoms with Crippen LogP contribution in [0.5, 0.6) is 11.6 Å². The first kappa shape index (κ1) is 14.3. The number of aryl methyl sites for hydroxylation is 1. The first-order valence-electron chi connectivity index (χ1n) is 5.88. The molecule has 0 saturated carbocycles. The van der Waals surface area contributed by atoms with E-state index >= 15 is 0 Å². The highest BCUT2D eigenvalue weighted by atomic mass is 16.6. The van der Waals surface area contributed by atoms with Crippen molar-refractivity contribution in [2.75, 3.05) is 0 Å². The largest absolute Gasteiger partial charge is 0.439 e. The third-order valence-corrected chi connectivity index (χ3v) is 2.72. The molecule has 0 aliphatic heterocycles. The lowest BCUT2D eigenvalue weighted by atomic mass is 10.2. The molecule has 2 aromatic rings. The molecular weight excluding hydrogens is 276 g/mol. The topological polar surface area (TPSA) is 124 Å². The van der Waals surface area contributed by atoms with Gasteiger partial charge in [-0.05, 0) is 24.6 Å². The number of hydrogen-bond acceptors (Lipinski definition) is 6. The summed E-state index contributed by atoms with van der Waals surface area (Å²) in [5.41, 5.74) is 6.48. The van der Waals surface area contributed by atoms with Crippen LogP contribution in [0, 0.1) is 17.0 Å². The quantitative estimate of drug-likeness (QED) is 0.292. The first-order valence-corrected chi connectivity index (χ1v) is 5.88. The zero-order chi connectivity index (χ0) is 15.4. The third kappa shape index (κ3) is 3.24. The van der Waals surface area contributed by atoms with Crippen molar-refractivity contribution in [1.29, 1.82) is 0 Å². The fraction of sp³-hybridized carbons (Fsp3) is 0.0769. The second kappa shape index (κ2) is 5.87. The lowest BCUT2D eigenvalue weighted by molar-refractivity contribution is -0.384. The summed E-state index contributed by atoms with van der Waals surface area (Å²) in [6.07, 6.45) is 1.39. The minimum atomic E-state index is -0.471. The molecule has 0 saturated heterocycles. The smallest absolute Gasteiger partial charge is 0.269 e. The van der Waals surface area contributed by atoms with Crippen LogP contribution in [0.25, 0.3) is 0 Å². The molecule has 0 radical (unpaired) electrons. The van der Waals surface area contributed by atoms with Crippen molar-refractivity contribution in [2.45, 2.75) is 6.92 Å². The van der Waals surface area contributed by atoms with Crippen LogP contribution in [0.15, 0.2) is 41.7 Å². The Balaban J connectivity index is 2.20. The molecular formula is C13H12N4O4. The van der Waals surface area contributed by atoms with E-state index in [0.717, 1.165) is 0 Å². The highest BCUT2D eigenvalue weighted by Gasteiger charge is 2.10. The van der Waals surface area contributed by atoms with E-state index in [4.69, 9.17) is 15.7 Å². The van der Waals surface area contributed by atoms with Gasteiger partial charge in [0.1, 0.15) is 5.75 Å². The summed E-state index contributed by atoms with van der Waals surface area (Å²) in [6, 6.07) is 7.41. The van der Waals surface area contributed by atoms with Gasteiger partial charge >= 0.3 is 0 Å². The molecule has 0 unspecified atom stereocenters. The number of nitro groups is 1. The highest BCUT2D eigenvalue weighted by molar-refractivity contribution is 5.96. The summed E-state index contributed by atoms with van der Waals surface area (Å²) in [7, 11) is 0. The summed E-state index contributed by atoms with van der Waals surface area (Å²) in [6.45, 7) is 1.70. The van der Waals surface area contributed by atoms with Gasteiger partial charge in [-0.15, -0.1) is 0 Å². The van der Waals surface area contributed by atoms with Crippen molar-refractivity contribution in [3.05, 3.63) is 57.8 Å². The molecule has 0 fully saturated rings. The van der Waals surface area contributed by atoms with E-state index in [1.807, 2.05) is 0 Å². The summed E-state index contributed by atoms with van der Waals surface area (Å²) >= 11 is 0. The van der Waals surface area contributed by atoms with Crippen molar-refractivity contribution in [3.8, 4) is 11.6 Å². The van der Waals surface area contributed by atoms with Gasteiger partial charge in [0.05, 0.1) is 4.92 Å². The SMILES string of the molecule is Cc1cc([N+](=O)[O-])ccc1Oc1ccc(/C(N)=N/O)cn1. The van der Waals surface area contributed by atoms with Crippen LogP contribution in [0.3, 0.4) is 0 Å². The Kier molecular flexibility index (Phi) is 3.98. The predicted octanol–water partition coefficient (Wildman–Crippen LogP) is 2.19. The standard InChI is InChI=1S/C13H12N4O4/c1-8-6-10(17(19)20)3-4-11(8)21-12-5-2-9(7-15-12)13(14)16-18/h2-7,18H,1H3,(H2,14,16). The fourth-order valence-electron chi connectivity index (χ4n) is 1.62. The molecule has 0 atom stereocenters. The lowest BCUT2D eigenvalue weighted by Crippen LogP contribution is -2.13. The molecule has 0 amide bonds. The number of nitrogens with zero attached hydrogens (tertiary/aromatic N) is 3. The van der Waals surface area contributed by atoms with E-state index in [9.17, 15) is 10.1 Å². The maximum Gasteiger partial charge on any atom is 0.269 e. The highest BCUT2D eigenvalue weighted by Crippen LogP contribution is 2.27. The summed E-state index contributed by atoms with van der Waals surface area (Å²) in [4.78, 5) is 14.2. The number of non-ortho nitro benzene ring substituents is 1. The number of oxime groups is 1. The minimum absolute atomic E-state index is 0.00455. The van der Waals surface area contributed by atoms with Crippen LogP contribution in [0.2, 0.25) is 0 Å². The molecule has 8 heteroatoms. The number of hydrogen-bond donors (Lipinski definition) is 2. The molecule has 2 rings (SSSR count). The van der Waals surface area contributed by atoms with Crippen LogP contribution in [0.1, 0.15) is 11.1 Å². The zero-order valence-electron chi connectivity index (χ0n) is 11.1. The van der Waals surface area contributed by atoms with E-state index in [1.54, 1.807) is 19.1 Å².